The summed E-state index contributed by atoms with van der Waals surface area (Å²) in [4.78, 5) is 27.8. The molecule has 1 amide bonds. The fraction of sp³-hybridized carbons (Fsp3) is 0.0800. The number of aromatic nitrogens is 5. The fourth-order valence-electron chi connectivity index (χ4n) is 4.08. The van der Waals surface area contributed by atoms with Crippen molar-refractivity contribution in [2.45, 2.75) is 13.1 Å². The average molecular weight is 433 g/mol. The van der Waals surface area contributed by atoms with Crippen molar-refractivity contribution in [2.75, 3.05) is 5.32 Å². The van der Waals surface area contributed by atoms with E-state index in [-0.39, 0.29) is 5.91 Å². The number of aromatic amines is 1. The molecule has 0 radical (unpaired) electrons. The first-order valence-corrected chi connectivity index (χ1v) is 10.6. The number of amides is 1. The molecule has 0 saturated carbocycles. The largest absolute Gasteiger partial charge is 0.340 e. The second-order valence-corrected chi connectivity index (χ2v) is 7.95. The molecule has 2 N–H and O–H groups in total. The first-order valence-electron chi connectivity index (χ1n) is 10.6. The Balaban J connectivity index is 1.23. The lowest BCUT2D eigenvalue weighted by Gasteiger charge is -2.14. The highest BCUT2D eigenvalue weighted by Crippen LogP contribution is 2.29. The van der Waals surface area contributed by atoms with Gasteiger partial charge in [-0.3, -0.25) is 14.9 Å². The number of hydrogen-bond acceptors (Lipinski definition) is 6. The topological polar surface area (TPSA) is 99.7 Å². The molecule has 0 bridgehead atoms. The van der Waals surface area contributed by atoms with E-state index in [2.05, 4.69) is 37.6 Å². The third kappa shape index (κ3) is 3.67. The highest BCUT2D eigenvalue weighted by atomic mass is 16.2. The zero-order valence-corrected chi connectivity index (χ0v) is 17.6. The number of carbonyl (C=O) groups is 1. The van der Waals surface area contributed by atoms with Crippen LogP contribution in [0.15, 0.2) is 79.4 Å². The van der Waals surface area contributed by atoms with Crippen molar-refractivity contribution in [3.05, 3.63) is 96.1 Å². The summed E-state index contributed by atoms with van der Waals surface area (Å²) in [6.45, 7) is 1.14. The van der Waals surface area contributed by atoms with E-state index in [1.165, 1.54) is 0 Å². The van der Waals surface area contributed by atoms with Crippen LogP contribution in [0.4, 0.5) is 11.5 Å². The minimum absolute atomic E-state index is 0.0158. The number of benzene rings is 2. The number of anilines is 2. The van der Waals surface area contributed by atoms with Crippen LogP contribution in [0.3, 0.4) is 0 Å². The van der Waals surface area contributed by atoms with Crippen LogP contribution in [0.25, 0.3) is 22.3 Å². The van der Waals surface area contributed by atoms with Gasteiger partial charge in [-0.2, -0.15) is 5.10 Å². The maximum Gasteiger partial charge on any atom is 0.256 e. The molecule has 160 valence electrons. The Kier molecular flexibility index (Phi) is 4.54. The average Bonchev–Trinajstić information content (AvgIpc) is 3.50. The zero-order chi connectivity index (χ0) is 22.2. The molecule has 8 nitrogen and oxygen atoms in total. The molecule has 0 unspecified atom stereocenters. The number of carbonyl (C=O) groups excluding carboxylic acids is 1. The normalized spacial score (nSPS) is 12.7. The molecule has 8 heteroatoms. The Labute approximate surface area is 189 Å². The van der Waals surface area contributed by atoms with Gasteiger partial charge >= 0.3 is 0 Å². The third-order valence-electron chi connectivity index (χ3n) is 5.75. The molecule has 0 spiro atoms. The highest BCUT2D eigenvalue weighted by Gasteiger charge is 2.25. The number of nitrogens with zero attached hydrogens (tertiary/aromatic N) is 5. The van der Waals surface area contributed by atoms with Gasteiger partial charge in [-0.15, -0.1) is 0 Å². The van der Waals surface area contributed by atoms with E-state index < -0.39 is 0 Å². The van der Waals surface area contributed by atoms with Crippen LogP contribution in [-0.2, 0) is 13.1 Å². The van der Waals surface area contributed by atoms with Crippen LogP contribution in [-0.4, -0.2) is 36.0 Å². The van der Waals surface area contributed by atoms with Gasteiger partial charge in [0.05, 0.1) is 17.3 Å². The second-order valence-electron chi connectivity index (χ2n) is 7.95. The first-order chi connectivity index (χ1) is 16.2. The standard InChI is InChI=1S/C25H19N7O/c33-25(17-2-1-8-26-12-17)32-14-18-4-3-16(10-20(18)15-32)24-27-9-7-23(30-24)29-21-5-6-22-19(11-21)13-28-31-22/h1-13H,14-15H2,(H,28,31)(H,27,29,30). The molecule has 1 aliphatic heterocycles. The van der Waals surface area contributed by atoms with Gasteiger partial charge in [-0.25, -0.2) is 9.97 Å². The number of rotatable bonds is 4. The number of fused-ring (bicyclic) bond motifs is 2. The van der Waals surface area contributed by atoms with Gasteiger partial charge in [0.25, 0.3) is 5.91 Å². The third-order valence-corrected chi connectivity index (χ3v) is 5.75. The van der Waals surface area contributed by atoms with Gasteiger partial charge in [0.15, 0.2) is 5.82 Å². The zero-order valence-electron chi connectivity index (χ0n) is 17.6. The fourth-order valence-corrected chi connectivity index (χ4v) is 4.08. The van der Waals surface area contributed by atoms with Gasteiger partial charge in [-0.05, 0) is 53.6 Å². The van der Waals surface area contributed by atoms with Crippen molar-refractivity contribution in [1.82, 2.24) is 30.0 Å². The lowest BCUT2D eigenvalue weighted by atomic mass is 10.1. The molecule has 6 rings (SSSR count). The summed E-state index contributed by atoms with van der Waals surface area (Å²) in [6.07, 6.45) is 6.80. The molecule has 0 atom stereocenters. The predicted molar refractivity (Wildman–Crippen MR) is 125 cm³/mol. The van der Waals surface area contributed by atoms with E-state index >= 15 is 0 Å². The molecule has 5 aromatic rings. The van der Waals surface area contributed by atoms with Crippen molar-refractivity contribution >= 4 is 28.3 Å². The lowest BCUT2D eigenvalue weighted by molar-refractivity contribution is 0.0751. The van der Waals surface area contributed by atoms with Crippen molar-refractivity contribution in [3.63, 3.8) is 0 Å². The van der Waals surface area contributed by atoms with E-state index in [0.717, 1.165) is 33.3 Å². The Bertz CT molecular complexity index is 1480. The van der Waals surface area contributed by atoms with Gasteiger partial charge in [0, 0.05) is 48.3 Å². The van der Waals surface area contributed by atoms with Crippen LogP contribution in [0.1, 0.15) is 21.5 Å². The van der Waals surface area contributed by atoms with Crippen LogP contribution >= 0.6 is 0 Å². The van der Waals surface area contributed by atoms with Crippen LogP contribution < -0.4 is 5.32 Å². The summed E-state index contributed by atoms with van der Waals surface area (Å²) < 4.78 is 0. The molecule has 0 aliphatic carbocycles. The van der Waals surface area contributed by atoms with Gasteiger partial charge in [0.1, 0.15) is 5.82 Å². The summed E-state index contributed by atoms with van der Waals surface area (Å²) in [7, 11) is 0. The van der Waals surface area contributed by atoms with E-state index in [4.69, 9.17) is 4.98 Å². The molecule has 0 saturated heterocycles. The monoisotopic (exact) mass is 433 g/mol. The summed E-state index contributed by atoms with van der Waals surface area (Å²) in [5, 5.41) is 11.4. The SMILES string of the molecule is O=C(c1cccnc1)N1Cc2ccc(-c3nccc(Nc4ccc5[nH]ncc5c4)n3)cc2C1. The first kappa shape index (κ1) is 19.1. The minimum atomic E-state index is -0.0158. The summed E-state index contributed by atoms with van der Waals surface area (Å²) in [5.41, 5.74) is 5.67. The Hall–Kier alpha value is -4.59. The Morgan fingerprint density at radius 2 is 1.91 bits per heavy atom. The van der Waals surface area contributed by atoms with Crippen molar-refractivity contribution in [1.29, 1.82) is 0 Å². The van der Waals surface area contributed by atoms with Crippen molar-refractivity contribution < 1.29 is 4.79 Å². The lowest BCUT2D eigenvalue weighted by Crippen LogP contribution is -2.25. The quantitative estimate of drug-likeness (QED) is 0.438. The van der Waals surface area contributed by atoms with E-state index in [9.17, 15) is 4.79 Å². The predicted octanol–water partition coefficient (Wildman–Crippen LogP) is 4.31. The van der Waals surface area contributed by atoms with Crippen molar-refractivity contribution in [2.24, 2.45) is 0 Å². The molecule has 4 heterocycles. The van der Waals surface area contributed by atoms with E-state index in [0.29, 0.717) is 30.3 Å². The maximum absolute atomic E-state index is 12.8. The van der Waals surface area contributed by atoms with Crippen LogP contribution in [0, 0.1) is 0 Å². The van der Waals surface area contributed by atoms with Crippen molar-refractivity contribution in [3.8, 4) is 11.4 Å². The Morgan fingerprint density at radius 3 is 2.82 bits per heavy atom. The van der Waals surface area contributed by atoms with Gasteiger partial charge in [-0.1, -0.05) is 12.1 Å². The Morgan fingerprint density at radius 1 is 0.970 bits per heavy atom. The molecular weight excluding hydrogens is 414 g/mol. The van der Waals surface area contributed by atoms with Crippen LogP contribution in [0.2, 0.25) is 0 Å². The number of hydrogen-bond donors (Lipinski definition) is 2. The summed E-state index contributed by atoms with van der Waals surface area (Å²) in [6, 6.07) is 17.5. The smallest absolute Gasteiger partial charge is 0.256 e. The molecular formula is C25H19N7O. The number of H-pyrrole nitrogens is 1. The van der Waals surface area contributed by atoms with E-state index in [1.807, 2.05) is 35.2 Å². The summed E-state index contributed by atoms with van der Waals surface area (Å²) >= 11 is 0. The minimum Gasteiger partial charge on any atom is -0.340 e. The van der Waals surface area contributed by atoms with E-state index in [1.54, 1.807) is 36.9 Å². The van der Waals surface area contributed by atoms with Crippen LogP contribution in [0.5, 0.6) is 0 Å². The van der Waals surface area contributed by atoms with Gasteiger partial charge in [0.2, 0.25) is 0 Å². The van der Waals surface area contributed by atoms with Gasteiger partial charge < -0.3 is 10.2 Å². The molecule has 1 aliphatic rings. The second kappa shape index (κ2) is 7.83. The maximum atomic E-state index is 12.8. The number of nitrogens with one attached hydrogen (secondary N) is 2. The molecule has 2 aromatic carbocycles. The summed E-state index contributed by atoms with van der Waals surface area (Å²) in [5.74, 6) is 1.32. The number of pyridine rings is 1. The molecule has 3 aromatic heterocycles. The molecule has 33 heavy (non-hydrogen) atoms. The highest BCUT2D eigenvalue weighted by molar-refractivity contribution is 5.94. The molecule has 0 fully saturated rings.